The number of anilines is 3. The molecule has 6 heteroatoms. The van der Waals surface area contributed by atoms with Crippen LogP contribution in [-0.2, 0) is 9.59 Å². The first kappa shape index (κ1) is 23.1. The molecule has 3 aromatic carbocycles. The predicted molar refractivity (Wildman–Crippen MR) is 137 cm³/mol. The molecule has 0 spiro atoms. The van der Waals surface area contributed by atoms with E-state index in [1.807, 2.05) is 88.3 Å². The number of ether oxygens (including phenoxy) is 1. The summed E-state index contributed by atoms with van der Waals surface area (Å²) in [5, 5.41) is 3.23. The number of rotatable bonds is 7. The van der Waals surface area contributed by atoms with E-state index in [4.69, 9.17) is 4.74 Å². The average Bonchev–Trinajstić information content (AvgIpc) is 3.04. The summed E-state index contributed by atoms with van der Waals surface area (Å²) in [6.07, 6.45) is 0. The van der Waals surface area contributed by atoms with Crippen molar-refractivity contribution in [2.45, 2.75) is 20.8 Å². The molecule has 174 valence electrons. The van der Waals surface area contributed by atoms with Crippen LogP contribution in [0.15, 0.2) is 72.4 Å². The van der Waals surface area contributed by atoms with E-state index in [0.29, 0.717) is 23.6 Å². The maximum Gasteiger partial charge on any atom is 0.282 e. The number of benzene rings is 3. The lowest BCUT2D eigenvalue weighted by molar-refractivity contribution is -0.120. The number of imide groups is 1. The van der Waals surface area contributed by atoms with Gasteiger partial charge in [0.05, 0.1) is 17.9 Å². The Kier molecular flexibility index (Phi) is 6.41. The third-order valence-electron chi connectivity index (χ3n) is 5.78. The maximum atomic E-state index is 13.7. The molecule has 1 N–H and O–H groups in total. The normalized spacial score (nSPS) is 13.5. The van der Waals surface area contributed by atoms with Gasteiger partial charge in [0.2, 0.25) is 0 Å². The van der Waals surface area contributed by atoms with Gasteiger partial charge in [0.1, 0.15) is 11.4 Å². The Morgan fingerprint density at radius 3 is 2.29 bits per heavy atom. The Bertz CT molecular complexity index is 1280. The van der Waals surface area contributed by atoms with Crippen LogP contribution < -0.4 is 19.9 Å². The molecular weight excluding hydrogens is 426 g/mol. The lowest BCUT2D eigenvalue weighted by Crippen LogP contribution is -2.32. The van der Waals surface area contributed by atoms with Crippen LogP contribution in [0.25, 0.3) is 5.57 Å². The predicted octanol–water partition coefficient (Wildman–Crippen LogP) is 5.16. The van der Waals surface area contributed by atoms with Crippen molar-refractivity contribution in [3.63, 3.8) is 0 Å². The second-order valence-corrected chi connectivity index (χ2v) is 8.51. The minimum atomic E-state index is -0.398. The zero-order valence-electron chi connectivity index (χ0n) is 20.2. The zero-order chi connectivity index (χ0) is 24.4. The fourth-order valence-corrected chi connectivity index (χ4v) is 4.09. The Labute approximate surface area is 200 Å². The van der Waals surface area contributed by atoms with Gasteiger partial charge in [-0.2, -0.15) is 0 Å². The van der Waals surface area contributed by atoms with Crippen molar-refractivity contribution in [2.75, 3.05) is 35.8 Å². The van der Waals surface area contributed by atoms with Crippen molar-refractivity contribution in [3.8, 4) is 5.75 Å². The van der Waals surface area contributed by atoms with Gasteiger partial charge < -0.3 is 15.0 Å². The monoisotopic (exact) mass is 455 g/mol. The number of hydrogen-bond donors (Lipinski definition) is 1. The minimum absolute atomic E-state index is 0.261. The van der Waals surface area contributed by atoms with Crippen molar-refractivity contribution in [1.82, 2.24) is 0 Å². The first-order valence-corrected chi connectivity index (χ1v) is 11.3. The summed E-state index contributed by atoms with van der Waals surface area (Å²) in [6.45, 7) is 6.34. The summed E-state index contributed by atoms with van der Waals surface area (Å²) in [5.41, 5.74) is 5.63. The topological polar surface area (TPSA) is 61.9 Å². The molecule has 2 amide bonds. The molecule has 4 rings (SSSR count). The first-order chi connectivity index (χ1) is 16.3. The zero-order valence-corrected chi connectivity index (χ0v) is 20.2. The fourth-order valence-electron chi connectivity index (χ4n) is 4.09. The van der Waals surface area contributed by atoms with Crippen LogP contribution in [-0.4, -0.2) is 32.5 Å². The second-order valence-electron chi connectivity index (χ2n) is 8.51. The van der Waals surface area contributed by atoms with Crippen molar-refractivity contribution in [2.24, 2.45) is 0 Å². The highest BCUT2D eigenvalue weighted by atomic mass is 16.5. The van der Waals surface area contributed by atoms with E-state index in [2.05, 4.69) is 5.32 Å². The largest absolute Gasteiger partial charge is 0.494 e. The molecule has 0 fully saturated rings. The molecule has 0 bridgehead atoms. The quantitative estimate of drug-likeness (QED) is 0.499. The van der Waals surface area contributed by atoms with Crippen LogP contribution in [0.1, 0.15) is 23.6 Å². The number of carbonyl (C=O) groups excluding carboxylic acids is 2. The van der Waals surface area contributed by atoms with Gasteiger partial charge in [-0.25, -0.2) is 4.90 Å². The standard InChI is InChI=1S/C28H29N3O3/c1-6-34-23-9-7-8-22(17-23)31-27(32)25(24-15-10-18(2)16-19(24)3)26(28(31)33)29-20-11-13-21(14-12-20)30(4)5/h7-17,29H,6H2,1-5H3. The van der Waals surface area contributed by atoms with Gasteiger partial charge in [-0.3, -0.25) is 9.59 Å². The molecule has 1 heterocycles. The molecule has 1 aliphatic heterocycles. The van der Waals surface area contributed by atoms with E-state index in [-0.39, 0.29) is 11.6 Å². The smallest absolute Gasteiger partial charge is 0.282 e. The second kappa shape index (κ2) is 9.43. The van der Waals surface area contributed by atoms with E-state index < -0.39 is 5.91 Å². The molecule has 0 aliphatic carbocycles. The molecule has 0 saturated carbocycles. The SMILES string of the molecule is CCOc1cccc(N2C(=O)C(Nc3ccc(N(C)C)cc3)=C(c3ccc(C)cc3C)C2=O)c1. The summed E-state index contributed by atoms with van der Waals surface area (Å²) in [7, 11) is 3.94. The summed E-state index contributed by atoms with van der Waals surface area (Å²) in [6, 6.07) is 20.6. The van der Waals surface area contributed by atoms with E-state index >= 15 is 0 Å². The van der Waals surface area contributed by atoms with E-state index in [0.717, 1.165) is 28.1 Å². The molecule has 0 aromatic heterocycles. The van der Waals surface area contributed by atoms with E-state index in [1.54, 1.807) is 18.2 Å². The highest BCUT2D eigenvalue weighted by molar-refractivity contribution is 6.46. The molecule has 3 aromatic rings. The van der Waals surface area contributed by atoms with Crippen LogP contribution >= 0.6 is 0 Å². The van der Waals surface area contributed by atoms with Gasteiger partial charge in [-0.15, -0.1) is 0 Å². The summed E-state index contributed by atoms with van der Waals surface area (Å²) >= 11 is 0. The first-order valence-electron chi connectivity index (χ1n) is 11.3. The Hall–Kier alpha value is -4.06. The van der Waals surface area contributed by atoms with Gasteiger partial charge in [-0.05, 0) is 68.3 Å². The Balaban J connectivity index is 1.80. The summed E-state index contributed by atoms with van der Waals surface area (Å²) in [5.74, 6) is -0.155. The van der Waals surface area contributed by atoms with Gasteiger partial charge in [0.25, 0.3) is 11.8 Å². The van der Waals surface area contributed by atoms with Crippen LogP contribution in [0, 0.1) is 13.8 Å². The van der Waals surface area contributed by atoms with E-state index in [9.17, 15) is 9.59 Å². The summed E-state index contributed by atoms with van der Waals surface area (Å²) in [4.78, 5) is 30.6. The highest BCUT2D eigenvalue weighted by Gasteiger charge is 2.40. The number of nitrogens with zero attached hydrogens (tertiary/aromatic N) is 2. The molecule has 0 radical (unpaired) electrons. The molecule has 34 heavy (non-hydrogen) atoms. The van der Waals surface area contributed by atoms with Crippen LogP contribution in [0.2, 0.25) is 0 Å². The molecular formula is C28H29N3O3. The van der Waals surface area contributed by atoms with Gasteiger partial charge in [0.15, 0.2) is 0 Å². The van der Waals surface area contributed by atoms with Crippen molar-refractivity contribution in [3.05, 3.63) is 89.1 Å². The number of aryl methyl sites for hydroxylation is 2. The van der Waals surface area contributed by atoms with Crippen molar-refractivity contribution >= 4 is 34.4 Å². The van der Waals surface area contributed by atoms with Crippen LogP contribution in [0.3, 0.4) is 0 Å². The fraction of sp³-hybridized carbons (Fsp3) is 0.214. The van der Waals surface area contributed by atoms with Gasteiger partial charge in [0, 0.05) is 31.5 Å². The molecule has 6 nitrogen and oxygen atoms in total. The van der Waals surface area contributed by atoms with Gasteiger partial charge in [-0.1, -0.05) is 29.8 Å². The van der Waals surface area contributed by atoms with Crippen LogP contribution in [0.5, 0.6) is 5.75 Å². The number of amides is 2. The molecule has 0 unspecified atom stereocenters. The van der Waals surface area contributed by atoms with Gasteiger partial charge >= 0.3 is 0 Å². The van der Waals surface area contributed by atoms with Crippen LogP contribution in [0.4, 0.5) is 17.1 Å². The number of carbonyl (C=O) groups is 2. The van der Waals surface area contributed by atoms with Crippen molar-refractivity contribution in [1.29, 1.82) is 0 Å². The lowest BCUT2D eigenvalue weighted by atomic mass is 9.97. The Morgan fingerprint density at radius 2 is 1.65 bits per heavy atom. The lowest BCUT2D eigenvalue weighted by Gasteiger charge is -2.17. The average molecular weight is 456 g/mol. The third-order valence-corrected chi connectivity index (χ3v) is 5.78. The minimum Gasteiger partial charge on any atom is -0.494 e. The third kappa shape index (κ3) is 4.39. The Morgan fingerprint density at radius 1 is 0.912 bits per heavy atom. The van der Waals surface area contributed by atoms with E-state index in [1.165, 1.54) is 4.90 Å². The summed E-state index contributed by atoms with van der Waals surface area (Å²) < 4.78 is 5.59. The molecule has 1 aliphatic rings. The highest BCUT2D eigenvalue weighted by Crippen LogP contribution is 2.36. The number of nitrogens with one attached hydrogen (secondary N) is 1. The maximum absolute atomic E-state index is 13.7. The molecule has 0 atom stereocenters. The molecule has 0 saturated heterocycles. The van der Waals surface area contributed by atoms with Crippen molar-refractivity contribution < 1.29 is 14.3 Å². The number of hydrogen-bond acceptors (Lipinski definition) is 5.